The molecule has 16 heavy (non-hydrogen) atoms. The van der Waals surface area contributed by atoms with Crippen LogP contribution in [-0.4, -0.2) is 19.2 Å². The molecule has 0 saturated heterocycles. The van der Waals surface area contributed by atoms with Crippen molar-refractivity contribution in [2.45, 2.75) is 40.2 Å². The van der Waals surface area contributed by atoms with Gasteiger partial charge in [-0.2, -0.15) is 5.10 Å². The van der Waals surface area contributed by atoms with Crippen LogP contribution in [0.4, 0.5) is 0 Å². The van der Waals surface area contributed by atoms with Gasteiger partial charge in [0, 0.05) is 5.54 Å². The summed E-state index contributed by atoms with van der Waals surface area (Å²) in [4.78, 5) is 16.5. The minimum Gasteiger partial charge on any atom is -0.291 e. The minimum atomic E-state index is -0.267. The van der Waals surface area contributed by atoms with Crippen LogP contribution >= 0.6 is 0 Å². The Balaban J connectivity index is 2.90. The fourth-order valence-corrected chi connectivity index (χ4v) is 1.79. The third kappa shape index (κ3) is 1.43. The third-order valence-corrected chi connectivity index (χ3v) is 2.62. The Hall–Kier alpha value is -1.65. The molecule has 0 aliphatic rings. The second kappa shape index (κ2) is 3.17. The standard InChI is InChI=1S/C11H16N4O/c1-7-9-10(16)14(11(3,4)5)6-12-15(9)8(2)13-7/h6H,1-5H3. The summed E-state index contributed by atoms with van der Waals surface area (Å²) in [5.74, 6) is 0.741. The summed E-state index contributed by atoms with van der Waals surface area (Å²) in [7, 11) is 0. The molecule has 0 bridgehead atoms. The molecule has 2 heterocycles. The fraction of sp³-hybridized carbons (Fsp3) is 0.545. The molecule has 0 spiro atoms. The maximum Gasteiger partial charge on any atom is 0.280 e. The van der Waals surface area contributed by atoms with E-state index in [4.69, 9.17) is 0 Å². The van der Waals surface area contributed by atoms with Crippen LogP contribution in [0.25, 0.3) is 5.52 Å². The molecule has 2 aromatic heterocycles. The van der Waals surface area contributed by atoms with E-state index in [-0.39, 0.29) is 11.1 Å². The minimum absolute atomic E-state index is 0.0411. The van der Waals surface area contributed by atoms with Crippen LogP contribution in [-0.2, 0) is 5.54 Å². The molecular formula is C11H16N4O. The van der Waals surface area contributed by atoms with Crippen molar-refractivity contribution in [2.24, 2.45) is 0 Å². The van der Waals surface area contributed by atoms with Gasteiger partial charge in [-0.15, -0.1) is 0 Å². The summed E-state index contributed by atoms with van der Waals surface area (Å²) < 4.78 is 3.23. The van der Waals surface area contributed by atoms with Gasteiger partial charge in [0.15, 0.2) is 5.52 Å². The highest BCUT2D eigenvalue weighted by molar-refractivity contribution is 5.49. The molecule has 2 aromatic rings. The maximum atomic E-state index is 12.3. The van der Waals surface area contributed by atoms with Crippen LogP contribution in [0.5, 0.6) is 0 Å². The van der Waals surface area contributed by atoms with Crippen molar-refractivity contribution in [1.82, 2.24) is 19.2 Å². The molecule has 0 radical (unpaired) electrons. The molecule has 0 N–H and O–H groups in total. The molecule has 0 amide bonds. The van der Waals surface area contributed by atoms with Crippen LogP contribution in [0.3, 0.4) is 0 Å². The van der Waals surface area contributed by atoms with Gasteiger partial charge >= 0.3 is 0 Å². The van der Waals surface area contributed by atoms with Crippen LogP contribution in [0.2, 0.25) is 0 Å². The summed E-state index contributed by atoms with van der Waals surface area (Å²) in [6.45, 7) is 9.60. The van der Waals surface area contributed by atoms with Gasteiger partial charge in [-0.1, -0.05) is 0 Å². The van der Waals surface area contributed by atoms with Crippen molar-refractivity contribution in [2.75, 3.05) is 0 Å². The maximum absolute atomic E-state index is 12.3. The number of hydrogen-bond donors (Lipinski definition) is 0. The second-order valence-electron chi connectivity index (χ2n) is 4.98. The van der Waals surface area contributed by atoms with E-state index in [0.717, 1.165) is 11.5 Å². The van der Waals surface area contributed by atoms with Crippen molar-refractivity contribution in [3.05, 3.63) is 28.2 Å². The summed E-state index contributed by atoms with van der Waals surface area (Å²) in [6.07, 6.45) is 1.57. The number of aryl methyl sites for hydroxylation is 2. The zero-order valence-corrected chi connectivity index (χ0v) is 10.3. The number of imidazole rings is 1. The first-order valence-electron chi connectivity index (χ1n) is 5.26. The molecule has 86 valence electrons. The average molecular weight is 220 g/mol. The average Bonchev–Trinajstić information content (AvgIpc) is 2.41. The van der Waals surface area contributed by atoms with Crippen LogP contribution < -0.4 is 5.56 Å². The van der Waals surface area contributed by atoms with Gasteiger partial charge < -0.3 is 0 Å². The molecule has 5 nitrogen and oxygen atoms in total. The Morgan fingerprint density at radius 1 is 1.25 bits per heavy atom. The molecular weight excluding hydrogens is 204 g/mol. The number of fused-ring (bicyclic) bond motifs is 1. The lowest BCUT2D eigenvalue weighted by atomic mass is 10.1. The van der Waals surface area contributed by atoms with E-state index in [1.807, 2.05) is 34.6 Å². The third-order valence-electron chi connectivity index (χ3n) is 2.62. The summed E-state index contributed by atoms with van der Waals surface area (Å²) in [6, 6.07) is 0. The van der Waals surface area contributed by atoms with Gasteiger partial charge in [0.2, 0.25) is 0 Å². The van der Waals surface area contributed by atoms with E-state index >= 15 is 0 Å². The molecule has 0 fully saturated rings. The SMILES string of the molecule is Cc1nc(C)n2ncn(C(C)(C)C)c(=O)c12. The van der Waals surface area contributed by atoms with Crippen LogP contribution in [0.1, 0.15) is 32.3 Å². The Morgan fingerprint density at radius 2 is 1.88 bits per heavy atom. The molecule has 0 unspecified atom stereocenters. The second-order valence-corrected chi connectivity index (χ2v) is 4.98. The van der Waals surface area contributed by atoms with Crippen LogP contribution in [0.15, 0.2) is 11.1 Å². The largest absolute Gasteiger partial charge is 0.291 e. The molecule has 0 atom stereocenters. The lowest BCUT2D eigenvalue weighted by Gasteiger charge is -2.21. The number of hydrogen-bond acceptors (Lipinski definition) is 3. The molecule has 0 aliphatic carbocycles. The van der Waals surface area contributed by atoms with Crippen molar-refractivity contribution in [3.8, 4) is 0 Å². The predicted octanol–water partition coefficient (Wildman–Crippen LogP) is 1.26. The Bertz CT molecular complexity index is 601. The molecule has 2 rings (SSSR count). The Morgan fingerprint density at radius 3 is 2.44 bits per heavy atom. The topological polar surface area (TPSA) is 52.2 Å². The smallest absolute Gasteiger partial charge is 0.280 e. The first-order valence-corrected chi connectivity index (χ1v) is 5.26. The van der Waals surface area contributed by atoms with Crippen molar-refractivity contribution >= 4 is 5.52 Å². The Labute approximate surface area is 93.7 Å². The van der Waals surface area contributed by atoms with E-state index in [2.05, 4.69) is 10.1 Å². The van der Waals surface area contributed by atoms with Crippen molar-refractivity contribution in [3.63, 3.8) is 0 Å². The van der Waals surface area contributed by atoms with Crippen molar-refractivity contribution in [1.29, 1.82) is 0 Å². The van der Waals surface area contributed by atoms with E-state index in [0.29, 0.717) is 5.52 Å². The summed E-state index contributed by atoms with van der Waals surface area (Å²) in [5.41, 5.74) is 0.986. The molecule has 0 aliphatic heterocycles. The quantitative estimate of drug-likeness (QED) is 0.671. The highest BCUT2D eigenvalue weighted by Crippen LogP contribution is 2.12. The molecule has 5 heteroatoms. The number of rotatable bonds is 0. The number of aromatic nitrogens is 4. The lowest BCUT2D eigenvalue weighted by molar-refractivity contribution is 0.376. The fourth-order valence-electron chi connectivity index (χ4n) is 1.79. The van der Waals surface area contributed by atoms with Gasteiger partial charge in [0.25, 0.3) is 5.56 Å². The zero-order valence-electron chi connectivity index (χ0n) is 10.3. The highest BCUT2D eigenvalue weighted by atomic mass is 16.1. The highest BCUT2D eigenvalue weighted by Gasteiger charge is 2.18. The molecule has 0 saturated carbocycles. The lowest BCUT2D eigenvalue weighted by Crippen LogP contribution is -2.35. The molecule has 0 aromatic carbocycles. The van der Waals surface area contributed by atoms with Crippen molar-refractivity contribution < 1.29 is 0 Å². The van der Waals surface area contributed by atoms with Gasteiger partial charge in [0.05, 0.1) is 5.69 Å². The van der Waals surface area contributed by atoms with Gasteiger partial charge in [-0.3, -0.25) is 9.36 Å². The van der Waals surface area contributed by atoms with Crippen LogP contribution in [0, 0.1) is 13.8 Å². The zero-order chi connectivity index (χ0) is 12.1. The number of nitrogens with zero attached hydrogens (tertiary/aromatic N) is 4. The van der Waals surface area contributed by atoms with E-state index in [1.54, 1.807) is 15.4 Å². The predicted molar refractivity (Wildman–Crippen MR) is 61.7 cm³/mol. The van der Waals surface area contributed by atoms with E-state index < -0.39 is 0 Å². The Kier molecular flexibility index (Phi) is 2.15. The first-order chi connectivity index (χ1) is 7.32. The summed E-state index contributed by atoms with van der Waals surface area (Å²) in [5, 5.41) is 4.25. The normalized spacial score (nSPS) is 12.3. The van der Waals surface area contributed by atoms with E-state index in [9.17, 15) is 4.79 Å². The first kappa shape index (κ1) is 10.9. The van der Waals surface area contributed by atoms with E-state index in [1.165, 1.54) is 0 Å². The van der Waals surface area contributed by atoms with Gasteiger partial charge in [-0.25, -0.2) is 9.50 Å². The summed E-state index contributed by atoms with van der Waals surface area (Å²) >= 11 is 0. The van der Waals surface area contributed by atoms with Gasteiger partial charge in [-0.05, 0) is 34.6 Å². The van der Waals surface area contributed by atoms with Gasteiger partial charge in [0.1, 0.15) is 12.2 Å². The monoisotopic (exact) mass is 220 g/mol.